The topological polar surface area (TPSA) is 114 Å². The SMILES string of the molecule is N#Cc1ccc2c(c1)c(C(=O)OC(N)=O)nn2[C@@H]1CN2CCC1CC2. The number of piperidine rings is 3. The number of esters is 1. The Morgan fingerprint density at radius 1 is 1.32 bits per heavy atom. The highest BCUT2D eigenvalue weighted by molar-refractivity contribution is 6.05. The molecule has 2 aromatic rings. The maximum Gasteiger partial charge on any atom is 0.412 e. The van der Waals surface area contributed by atoms with Crippen LogP contribution in [0.15, 0.2) is 18.2 Å². The van der Waals surface area contributed by atoms with Crippen LogP contribution in [-0.4, -0.2) is 46.4 Å². The number of carbonyl (C=O) groups is 2. The molecule has 1 amide bonds. The quantitative estimate of drug-likeness (QED) is 0.653. The van der Waals surface area contributed by atoms with Crippen molar-refractivity contribution in [2.45, 2.75) is 18.9 Å². The first-order valence-electron chi connectivity index (χ1n) is 8.23. The van der Waals surface area contributed by atoms with E-state index in [-0.39, 0.29) is 11.7 Å². The van der Waals surface area contributed by atoms with Gasteiger partial charge in [0.05, 0.1) is 23.2 Å². The Morgan fingerprint density at radius 2 is 2.08 bits per heavy atom. The molecule has 1 aromatic heterocycles. The molecule has 3 aliphatic heterocycles. The van der Waals surface area contributed by atoms with E-state index in [4.69, 9.17) is 11.0 Å². The average molecular weight is 339 g/mol. The molecule has 8 heteroatoms. The van der Waals surface area contributed by atoms with Gasteiger partial charge in [0.1, 0.15) is 0 Å². The van der Waals surface area contributed by atoms with Crippen LogP contribution in [0.5, 0.6) is 0 Å². The molecule has 3 saturated heterocycles. The Morgan fingerprint density at radius 3 is 2.68 bits per heavy atom. The summed E-state index contributed by atoms with van der Waals surface area (Å²) < 4.78 is 6.36. The summed E-state index contributed by atoms with van der Waals surface area (Å²) in [6.45, 7) is 3.07. The van der Waals surface area contributed by atoms with Crippen LogP contribution >= 0.6 is 0 Å². The van der Waals surface area contributed by atoms with Crippen LogP contribution in [-0.2, 0) is 4.74 Å². The standard InChI is InChI=1S/C17H17N5O3/c18-8-10-1-2-13-12(7-10)15(16(23)25-17(19)24)20-22(13)14-9-21-5-3-11(14)4-6-21/h1-2,7,11,14H,3-6,9H2,(H2,19,24)/t14-/m1/s1. The van der Waals surface area contributed by atoms with E-state index in [2.05, 4.69) is 20.8 Å². The van der Waals surface area contributed by atoms with Gasteiger partial charge in [-0.3, -0.25) is 4.68 Å². The smallest absolute Gasteiger partial charge is 0.371 e. The van der Waals surface area contributed by atoms with Gasteiger partial charge >= 0.3 is 12.1 Å². The van der Waals surface area contributed by atoms with Crippen LogP contribution in [0.25, 0.3) is 10.9 Å². The first-order chi connectivity index (χ1) is 12.1. The minimum atomic E-state index is -1.17. The molecule has 0 saturated carbocycles. The van der Waals surface area contributed by atoms with Crippen LogP contribution in [0.4, 0.5) is 4.79 Å². The summed E-state index contributed by atoms with van der Waals surface area (Å²) in [5.74, 6) is -0.392. The molecule has 1 atom stereocenters. The van der Waals surface area contributed by atoms with Gasteiger partial charge in [-0.1, -0.05) is 0 Å². The number of carbonyl (C=O) groups excluding carboxylic acids is 2. The van der Waals surface area contributed by atoms with Crippen molar-refractivity contribution >= 4 is 23.0 Å². The van der Waals surface area contributed by atoms with Gasteiger partial charge in [-0.15, -0.1) is 0 Å². The predicted molar refractivity (Wildman–Crippen MR) is 87.6 cm³/mol. The minimum Gasteiger partial charge on any atom is -0.371 e. The number of primary amides is 1. The van der Waals surface area contributed by atoms with Gasteiger partial charge in [0.25, 0.3) is 0 Å². The van der Waals surface area contributed by atoms with Gasteiger partial charge in [-0.2, -0.15) is 10.4 Å². The molecule has 2 N–H and O–H groups in total. The summed E-state index contributed by atoms with van der Waals surface area (Å²) in [7, 11) is 0. The molecule has 4 heterocycles. The number of nitrogens with zero attached hydrogens (tertiary/aromatic N) is 4. The monoisotopic (exact) mass is 339 g/mol. The fraction of sp³-hybridized carbons (Fsp3) is 0.412. The largest absolute Gasteiger partial charge is 0.412 e. The van der Waals surface area contributed by atoms with Gasteiger partial charge in [0, 0.05) is 11.9 Å². The third-order valence-corrected chi connectivity index (χ3v) is 5.16. The summed E-state index contributed by atoms with van der Waals surface area (Å²) in [5.41, 5.74) is 6.14. The molecule has 3 aliphatic rings. The third-order valence-electron chi connectivity index (χ3n) is 5.16. The van der Waals surface area contributed by atoms with E-state index < -0.39 is 12.1 Å². The number of ether oxygens (including phenoxy) is 1. The summed E-state index contributed by atoms with van der Waals surface area (Å²) in [6, 6.07) is 7.30. The van der Waals surface area contributed by atoms with Crippen LogP contribution in [0, 0.1) is 17.2 Å². The molecule has 25 heavy (non-hydrogen) atoms. The molecule has 0 radical (unpaired) electrons. The maximum atomic E-state index is 12.2. The number of benzene rings is 1. The number of nitriles is 1. The van der Waals surface area contributed by atoms with Gasteiger partial charge in [-0.25, -0.2) is 9.59 Å². The van der Waals surface area contributed by atoms with Gasteiger partial charge in [0.2, 0.25) is 0 Å². The molecule has 0 unspecified atom stereocenters. The van der Waals surface area contributed by atoms with E-state index in [9.17, 15) is 9.59 Å². The Bertz CT molecular complexity index is 905. The Labute approximate surface area is 143 Å². The zero-order valence-electron chi connectivity index (χ0n) is 13.5. The summed E-state index contributed by atoms with van der Waals surface area (Å²) in [4.78, 5) is 25.6. The van der Waals surface area contributed by atoms with E-state index in [1.54, 1.807) is 18.2 Å². The highest BCUT2D eigenvalue weighted by Gasteiger charge is 2.37. The van der Waals surface area contributed by atoms with Crippen molar-refractivity contribution in [3.63, 3.8) is 0 Å². The highest BCUT2D eigenvalue weighted by atomic mass is 16.6. The van der Waals surface area contributed by atoms with Crippen molar-refractivity contribution in [3.05, 3.63) is 29.5 Å². The zero-order chi connectivity index (χ0) is 17.6. The molecular formula is C17H17N5O3. The summed E-state index contributed by atoms with van der Waals surface area (Å²) >= 11 is 0. The van der Waals surface area contributed by atoms with Gasteiger partial charge in [-0.05, 0) is 50.0 Å². The first kappa shape index (κ1) is 15.6. The number of hydrogen-bond acceptors (Lipinski definition) is 6. The fourth-order valence-corrected chi connectivity index (χ4v) is 3.96. The van der Waals surface area contributed by atoms with Gasteiger partial charge in [0.15, 0.2) is 5.69 Å². The van der Waals surface area contributed by atoms with Crippen molar-refractivity contribution in [1.29, 1.82) is 5.26 Å². The zero-order valence-corrected chi connectivity index (χ0v) is 13.5. The molecule has 0 aliphatic carbocycles. The number of amides is 1. The second-order valence-corrected chi connectivity index (χ2v) is 6.55. The Balaban J connectivity index is 1.83. The van der Waals surface area contributed by atoms with Gasteiger partial charge < -0.3 is 15.4 Å². The normalized spacial score (nSPS) is 24.8. The lowest BCUT2D eigenvalue weighted by Crippen LogP contribution is -2.48. The highest BCUT2D eigenvalue weighted by Crippen LogP contribution is 2.37. The minimum absolute atomic E-state index is 0.0161. The molecule has 128 valence electrons. The molecule has 5 rings (SSSR count). The maximum absolute atomic E-state index is 12.2. The summed E-state index contributed by atoms with van der Waals surface area (Å²) in [6.07, 6.45) is 1.03. The van der Waals surface area contributed by atoms with E-state index in [1.165, 1.54) is 0 Å². The molecular weight excluding hydrogens is 322 g/mol. The summed E-state index contributed by atoms with van der Waals surface area (Å²) in [5, 5.41) is 14.1. The molecule has 1 aromatic carbocycles. The van der Waals surface area contributed by atoms with Crippen LogP contribution in [0.1, 0.15) is 34.9 Å². The van der Waals surface area contributed by atoms with Crippen molar-refractivity contribution in [2.75, 3.05) is 19.6 Å². The number of nitrogens with two attached hydrogens (primary N) is 1. The molecule has 8 nitrogen and oxygen atoms in total. The first-order valence-corrected chi connectivity index (χ1v) is 8.23. The molecule has 3 fully saturated rings. The van der Waals surface area contributed by atoms with E-state index in [0.717, 1.165) is 38.0 Å². The number of fused-ring (bicyclic) bond motifs is 4. The van der Waals surface area contributed by atoms with Crippen LogP contribution < -0.4 is 5.73 Å². The van der Waals surface area contributed by atoms with Crippen LogP contribution in [0.2, 0.25) is 0 Å². The van der Waals surface area contributed by atoms with Crippen molar-refractivity contribution in [2.24, 2.45) is 11.7 Å². The van der Waals surface area contributed by atoms with Crippen molar-refractivity contribution in [3.8, 4) is 6.07 Å². The van der Waals surface area contributed by atoms with Crippen LogP contribution in [0.3, 0.4) is 0 Å². The van der Waals surface area contributed by atoms with Crippen molar-refractivity contribution in [1.82, 2.24) is 14.7 Å². The van der Waals surface area contributed by atoms with Crippen molar-refractivity contribution < 1.29 is 14.3 Å². The second-order valence-electron chi connectivity index (χ2n) is 6.55. The Hall–Kier alpha value is -2.92. The lowest BCUT2D eigenvalue weighted by Gasteiger charge is -2.44. The Kier molecular flexibility index (Phi) is 3.66. The fourth-order valence-electron chi connectivity index (χ4n) is 3.96. The number of aromatic nitrogens is 2. The third kappa shape index (κ3) is 2.62. The lowest BCUT2D eigenvalue weighted by atomic mass is 9.84. The van der Waals surface area contributed by atoms with E-state index in [1.807, 2.05) is 4.68 Å². The number of hydrogen-bond donors (Lipinski definition) is 1. The average Bonchev–Trinajstić information content (AvgIpc) is 3.00. The number of rotatable bonds is 2. The lowest BCUT2D eigenvalue weighted by molar-refractivity contribution is 0.0518. The van der Waals surface area contributed by atoms with E-state index >= 15 is 0 Å². The molecule has 2 bridgehead atoms. The molecule has 0 spiro atoms. The predicted octanol–water partition coefficient (Wildman–Crippen LogP) is 1.41. The second kappa shape index (κ2) is 5.86. The van der Waals surface area contributed by atoms with E-state index in [0.29, 0.717) is 16.9 Å².